The summed E-state index contributed by atoms with van der Waals surface area (Å²) < 4.78 is 15.1. The van der Waals surface area contributed by atoms with Crippen molar-refractivity contribution in [3.8, 4) is 0 Å². The van der Waals surface area contributed by atoms with Crippen molar-refractivity contribution in [1.29, 1.82) is 0 Å². The molecule has 3 rings (SSSR count). The van der Waals surface area contributed by atoms with E-state index >= 15 is 0 Å². The summed E-state index contributed by atoms with van der Waals surface area (Å²) in [6, 6.07) is 2.27. The molecule has 0 spiro atoms. The van der Waals surface area contributed by atoms with E-state index in [2.05, 4.69) is 11.4 Å². The Morgan fingerprint density at radius 3 is 2.35 bits per heavy atom. The fraction of sp³-hybridized carbons (Fsp3) is 0.579. The number of anilines is 1. The van der Waals surface area contributed by atoms with Crippen molar-refractivity contribution in [2.75, 3.05) is 32.2 Å². The Hall–Kier alpha value is -2.12. The van der Waals surface area contributed by atoms with E-state index in [1.54, 1.807) is 0 Å². The predicted molar refractivity (Wildman–Crippen MR) is 94.7 cm³/mol. The SMILES string of the molecule is COCCOCC(OC(=O)Nc1c2c(cc3c1CCC3)CCC2)C(=O)O. The molecule has 0 aliphatic heterocycles. The van der Waals surface area contributed by atoms with Crippen molar-refractivity contribution in [1.82, 2.24) is 0 Å². The molecule has 0 saturated heterocycles. The average Bonchev–Trinajstić information content (AvgIpc) is 3.26. The summed E-state index contributed by atoms with van der Waals surface area (Å²) in [7, 11) is 1.53. The van der Waals surface area contributed by atoms with E-state index in [1.807, 2.05) is 0 Å². The Labute approximate surface area is 152 Å². The molecule has 0 heterocycles. The molecule has 2 aliphatic carbocycles. The zero-order valence-electron chi connectivity index (χ0n) is 15.0. The number of aliphatic carboxylic acids is 1. The summed E-state index contributed by atoms with van der Waals surface area (Å²) in [5.74, 6) is -1.24. The molecule has 142 valence electrons. The summed E-state index contributed by atoms with van der Waals surface area (Å²) in [6.07, 6.45) is 3.97. The number of carbonyl (C=O) groups excluding carboxylic acids is 1. The molecule has 7 nitrogen and oxygen atoms in total. The van der Waals surface area contributed by atoms with Gasteiger partial charge in [0.25, 0.3) is 0 Å². The van der Waals surface area contributed by atoms with Crippen molar-refractivity contribution in [3.05, 3.63) is 28.3 Å². The van der Waals surface area contributed by atoms with Crippen molar-refractivity contribution in [2.45, 2.75) is 44.6 Å². The number of rotatable bonds is 8. The topological polar surface area (TPSA) is 94.1 Å². The number of nitrogens with one attached hydrogen (secondary N) is 1. The minimum absolute atomic E-state index is 0.211. The average molecular weight is 363 g/mol. The van der Waals surface area contributed by atoms with E-state index in [0.29, 0.717) is 6.61 Å². The highest BCUT2D eigenvalue weighted by Gasteiger charge is 2.27. The minimum atomic E-state index is -1.35. The second-order valence-electron chi connectivity index (χ2n) is 6.66. The zero-order chi connectivity index (χ0) is 18.5. The Balaban J connectivity index is 1.67. The fourth-order valence-corrected chi connectivity index (χ4v) is 3.72. The molecule has 2 N–H and O–H groups in total. The van der Waals surface area contributed by atoms with Crippen LogP contribution in [0.15, 0.2) is 6.07 Å². The quantitative estimate of drug-likeness (QED) is 0.689. The molecule has 7 heteroatoms. The van der Waals surface area contributed by atoms with Crippen LogP contribution in [0.25, 0.3) is 0 Å². The largest absolute Gasteiger partial charge is 0.478 e. The van der Waals surface area contributed by atoms with Crippen molar-refractivity contribution in [2.24, 2.45) is 0 Å². The molecule has 1 aromatic carbocycles. The third-order valence-corrected chi connectivity index (χ3v) is 4.93. The molecule has 1 aromatic rings. The lowest BCUT2D eigenvalue weighted by Gasteiger charge is -2.18. The maximum atomic E-state index is 12.3. The highest BCUT2D eigenvalue weighted by molar-refractivity contribution is 5.90. The molecule has 1 unspecified atom stereocenters. The standard InChI is InChI=1S/C19H25NO6/c1-24-8-9-25-11-16(18(21)22)26-19(23)20-17-14-6-2-4-12(14)10-13-5-3-7-15(13)17/h10,16H,2-9,11H2,1H3,(H,20,23)(H,21,22). The van der Waals surface area contributed by atoms with Gasteiger partial charge < -0.3 is 19.3 Å². The van der Waals surface area contributed by atoms with Crippen LogP contribution in [0.5, 0.6) is 0 Å². The number of methoxy groups -OCH3 is 1. The molecule has 2 aliphatic rings. The van der Waals surface area contributed by atoms with Gasteiger partial charge in [-0.05, 0) is 60.8 Å². The van der Waals surface area contributed by atoms with Gasteiger partial charge in [-0.1, -0.05) is 6.07 Å². The lowest BCUT2D eigenvalue weighted by atomic mass is 9.99. The number of amides is 1. The maximum Gasteiger partial charge on any atom is 0.412 e. The minimum Gasteiger partial charge on any atom is -0.478 e. The van der Waals surface area contributed by atoms with Crippen LogP contribution < -0.4 is 5.32 Å². The molecule has 1 atom stereocenters. The highest BCUT2D eigenvalue weighted by atomic mass is 16.6. The highest BCUT2D eigenvalue weighted by Crippen LogP contribution is 2.38. The number of fused-ring (bicyclic) bond motifs is 2. The summed E-state index contributed by atoms with van der Waals surface area (Å²) in [4.78, 5) is 23.6. The molecular formula is C19H25NO6. The molecule has 0 bridgehead atoms. The Kier molecular flexibility index (Phi) is 6.11. The first kappa shape index (κ1) is 18.7. The van der Waals surface area contributed by atoms with Crippen molar-refractivity contribution in [3.63, 3.8) is 0 Å². The number of hydrogen-bond acceptors (Lipinski definition) is 5. The van der Waals surface area contributed by atoms with Gasteiger partial charge >= 0.3 is 12.1 Å². The van der Waals surface area contributed by atoms with Crippen LogP contribution in [-0.2, 0) is 44.7 Å². The van der Waals surface area contributed by atoms with Crippen LogP contribution >= 0.6 is 0 Å². The van der Waals surface area contributed by atoms with Gasteiger partial charge in [0.05, 0.1) is 25.5 Å². The number of carbonyl (C=O) groups is 2. The number of carboxylic acid groups (broad SMARTS) is 1. The molecule has 0 fully saturated rings. The molecule has 1 amide bonds. The second kappa shape index (κ2) is 8.51. The van der Waals surface area contributed by atoms with Gasteiger partial charge in [0.1, 0.15) is 0 Å². The van der Waals surface area contributed by atoms with E-state index in [0.717, 1.165) is 44.2 Å². The molecule has 0 aromatic heterocycles. The van der Waals surface area contributed by atoms with E-state index in [1.165, 1.54) is 29.4 Å². The third kappa shape index (κ3) is 4.16. The summed E-state index contributed by atoms with van der Waals surface area (Å²) in [5.41, 5.74) is 5.76. The van der Waals surface area contributed by atoms with E-state index in [9.17, 15) is 14.7 Å². The van der Waals surface area contributed by atoms with Gasteiger partial charge in [0, 0.05) is 7.11 Å². The van der Waals surface area contributed by atoms with Gasteiger partial charge in [-0.25, -0.2) is 9.59 Å². The Morgan fingerprint density at radius 2 is 1.77 bits per heavy atom. The van der Waals surface area contributed by atoms with Crippen LogP contribution in [0.4, 0.5) is 10.5 Å². The number of ether oxygens (including phenoxy) is 3. The smallest absolute Gasteiger partial charge is 0.412 e. The van der Waals surface area contributed by atoms with E-state index in [-0.39, 0.29) is 13.2 Å². The molecular weight excluding hydrogens is 338 g/mol. The molecule has 26 heavy (non-hydrogen) atoms. The summed E-state index contributed by atoms with van der Waals surface area (Å²) in [5, 5.41) is 12.1. The van der Waals surface area contributed by atoms with E-state index in [4.69, 9.17) is 14.2 Å². The fourth-order valence-electron chi connectivity index (χ4n) is 3.72. The van der Waals surface area contributed by atoms with Gasteiger partial charge in [-0.2, -0.15) is 0 Å². The van der Waals surface area contributed by atoms with Crippen LogP contribution in [0.1, 0.15) is 35.1 Å². The summed E-state index contributed by atoms with van der Waals surface area (Å²) in [6.45, 7) is 0.378. The first-order valence-electron chi connectivity index (χ1n) is 9.03. The van der Waals surface area contributed by atoms with Crippen molar-refractivity contribution < 1.29 is 28.9 Å². The first-order valence-corrected chi connectivity index (χ1v) is 9.03. The maximum absolute atomic E-state index is 12.3. The molecule has 0 radical (unpaired) electrons. The monoisotopic (exact) mass is 363 g/mol. The number of hydrogen-bond donors (Lipinski definition) is 2. The summed E-state index contributed by atoms with van der Waals surface area (Å²) >= 11 is 0. The van der Waals surface area contributed by atoms with E-state index < -0.39 is 18.2 Å². The lowest BCUT2D eigenvalue weighted by Crippen LogP contribution is -2.34. The number of benzene rings is 1. The third-order valence-electron chi connectivity index (χ3n) is 4.93. The molecule has 0 saturated carbocycles. The van der Waals surface area contributed by atoms with Crippen LogP contribution in [0, 0.1) is 0 Å². The van der Waals surface area contributed by atoms with Crippen molar-refractivity contribution >= 4 is 17.7 Å². The van der Waals surface area contributed by atoms with Crippen LogP contribution in [0.2, 0.25) is 0 Å². The normalized spacial score (nSPS) is 16.0. The van der Waals surface area contributed by atoms with Crippen LogP contribution in [0.3, 0.4) is 0 Å². The van der Waals surface area contributed by atoms with Gasteiger partial charge in [-0.15, -0.1) is 0 Å². The predicted octanol–water partition coefficient (Wildman–Crippen LogP) is 2.33. The zero-order valence-corrected chi connectivity index (χ0v) is 15.0. The lowest BCUT2D eigenvalue weighted by molar-refractivity contribution is -0.150. The second-order valence-corrected chi connectivity index (χ2v) is 6.66. The number of carboxylic acids is 1. The van der Waals surface area contributed by atoms with Gasteiger partial charge in [0.2, 0.25) is 6.10 Å². The Bertz CT molecular complexity index is 655. The number of aryl methyl sites for hydroxylation is 2. The van der Waals surface area contributed by atoms with Gasteiger partial charge in [-0.3, -0.25) is 5.32 Å². The van der Waals surface area contributed by atoms with Gasteiger partial charge in [0.15, 0.2) is 0 Å². The van der Waals surface area contributed by atoms with Crippen LogP contribution in [-0.4, -0.2) is 50.2 Å². The Morgan fingerprint density at radius 1 is 1.12 bits per heavy atom. The first-order chi connectivity index (χ1) is 12.6.